The number of hydrogen-bond acceptors (Lipinski definition) is 5. The summed E-state index contributed by atoms with van der Waals surface area (Å²) in [5.41, 5.74) is -0.495. The Morgan fingerprint density at radius 2 is 2.14 bits per heavy atom. The molecule has 7 nitrogen and oxygen atoms in total. The van der Waals surface area contributed by atoms with Gasteiger partial charge < -0.3 is 5.32 Å². The second kappa shape index (κ2) is 6.89. The molecule has 2 rings (SSSR count). The first-order valence-electron chi connectivity index (χ1n) is 5.97. The monoisotopic (exact) mass is 355 g/mol. The molecule has 0 aromatic heterocycles. The largest absolute Gasteiger partial charge is 0.316 e. The van der Waals surface area contributed by atoms with Crippen LogP contribution in [0.2, 0.25) is 5.02 Å². The Morgan fingerprint density at radius 3 is 2.67 bits per heavy atom. The van der Waals surface area contributed by atoms with E-state index in [1.807, 2.05) is 0 Å². The van der Waals surface area contributed by atoms with Crippen molar-refractivity contribution in [3.8, 4) is 0 Å². The van der Waals surface area contributed by atoms with Crippen molar-refractivity contribution in [1.29, 1.82) is 0 Å². The van der Waals surface area contributed by atoms with E-state index in [9.17, 15) is 18.5 Å². The predicted molar refractivity (Wildman–Crippen MR) is 81.6 cm³/mol. The Labute approximate surface area is 133 Å². The minimum Gasteiger partial charge on any atom is -0.316 e. The summed E-state index contributed by atoms with van der Waals surface area (Å²) in [6, 6.07) is 3.64. The molecule has 1 atom stereocenters. The normalized spacial score (nSPS) is 19.2. The van der Waals surface area contributed by atoms with E-state index in [0.717, 1.165) is 6.07 Å². The van der Waals surface area contributed by atoms with Crippen LogP contribution in [-0.4, -0.2) is 43.8 Å². The van der Waals surface area contributed by atoms with Crippen LogP contribution in [0.5, 0.6) is 0 Å². The summed E-state index contributed by atoms with van der Waals surface area (Å²) < 4.78 is 26.2. The quantitative estimate of drug-likeness (QED) is 0.654. The molecule has 0 saturated carbocycles. The highest BCUT2D eigenvalue weighted by atomic mass is 35.5. The Kier molecular flexibility index (Phi) is 5.94. The Balaban J connectivity index is 0.00000220. The van der Waals surface area contributed by atoms with Gasteiger partial charge in [0.2, 0.25) is 10.0 Å². The number of benzene rings is 1. The highest BCUT2D eigenvalue weighted by molar-refractivity contribution is 7.89. The molecule has 0 bridgehead atoms. The minimum atomic E-state index is -3.88. The summed E-state index contributed by atoms with van der Waals surface area (Å²) in [6.07, 6.45) is 0.678. The molecule has 1 N–H and O–H groups in total. The third-order valence-corrected chi connectivity index (χ3v) is 5.44. The molecule has 1 aromatic rings. The van der Waals surface area contributed by atoms with Crippen LogP contribution in [0.4, 0.5) is 5.69 Å². The average Bonchev–Trinajstić information content (AvgIpc) is 2.87. The van der Waals surface area contributed by atoms with E-state index in [4.69, 9.17) is 11.6 Å². The van der Waals surface area contributed by atoms with Gasteiger partial charge in [-0.1, -0.05) is 11.6 Å². The summed E-state index contributed by atoms with van der Waals surface area (Å²) in [7, 11) is -2.13. The third kappa shape index (κ3) is 3.64. The van der Waals surface area contributed by atoms with Crippen LogP contribution in [0.1, 0.15) is 6.42 Å². The second-order valence-electron chi connectivity index (χ2n) is 4.51. The number of rotatable bonds is 4. The minimum absolute atomic E-state index is 0. The zero-order valence-electron chi connectivity index (χ0n) is 11.2. The SMILES string of the molecule is CNC1CCN(S(=O)(=O)c2ccc(Cl)cc2[N+](=O)[O-])C1.Cl. The maximum absolute atomic E-state index is 12.5. The maximum Gasteiger partial charge on any atom is 0.290 e. The number of halogens is 2. The fourth-order valence-electron chi connectivity index (χ4n) is 2.17. The van der Waals surface area contributed by atoms with Crippen molar-refractivity contribution in [3.05, 3.63) is 33.3 Å². The van der Waals surface area contributed by atoms with Crippen LogP contribution in [0.25, 0.3) is 0 Å². The van der Waals surface area contributed by atoms with Crippen molar-refractivity contribution in [1.82, 2.24) is 9.62 Å². The Hall–Kier alpha value is -0.930. The highest BCUT2D eigenvalue weighted by Gasteiger charge is 2.36. The first-order chi connectivity index (χ1) is 9.36. The lowest BCUT2D eigenvalue weighted by atomic mass is 10.3. The van der Waals surface area contributed by atoms with E-state index < -0.39 is 20.6 Å². The molecular weight excluding hydrogens is 341 g/mol. The summed E-state index contributed by atoms with van der Waals surface area (Å²) in [5.74, 6) is 0. The van der Waals surface area contributed by atoms with Crippen molar-refractivity contribution >= 4 is 39.7 Å². The number of sulfonamides is 1. The van der Waals surface area contributed by atoms with Gasteiger partial charge in [-0.2, -0.15) is 4.31 Å². The number of nitro benzene ring substituents is 1. The van der Waals surface area contributed by atoms with Crippen molar-refractivity contribution in [2.45, 2.75) is 17.4 Å². The van der Waals surface area contributed by atoms with Gasteiger partial charge >= 0.3 is 0 Å². The van der Waals surface area contributed by atoms with E-state index >= 15 is 0 Å². The van der Waals surface area contributed by atoms with Crippen LogP contribution in [0.3, 0.4) is 0 Å². The van der Waals surface area contributed by atoms with Gasteiger partial charge in [0.15, 0.2) is 4.90 Å². The van der Waals surface area contributed by atoms with Gasteiger partial charge in [-0.25, -0.2) is 8.42 Å². The average molecular weight is 356 g/mol. The van der Waals surface area contributed by atoms with Crippen LogP contribution >= 0.6 is 24.0 Å². The van der Waals surface area contributed by atoms with Gasteiger partial charge in [0.05, 0.1) is 4.92 Å². The molecule has 1 aliphatic rings. The van der Waals surface area contributed by atoms with Crippen molar-refractivity contribution in [2.24, 2.45) is 0 Å². The number of likely N-dealkylation sites (N-methyl/N-ethyl adjacent to an activating group) is 1. The van der Waals surface area contributed by atoms with Gasteiger partial charge in [0.25, 0.3) is 5.69 Å². The van der Waals surface area contributed by atoms with E-state index in [0.29, 0.717) is 19.5 Å². The number of nitro groups is 1. The summed E-state index contributed by atoms with van der Waals surface area (Å²) in [6.45, 7) is 0.645. The first kappa shape index (κ1) is 18.1. The van der Waals surface area contributed by atoms with Gasteiger partial charge in [-0.3, -0.25) is 10.1 Å². The predicted octanol–water partition coefficient (Wildman–Crippen LogP) is 1.65. The molecule has 10 heteroatoms. The fourth-order valence-corrected chi connectivity index (χ4v) is 3.98. The lowest BCUT2D eigenvalue weighted by molar-refractivity contribution is -0.387. The van der Waals surface area contributed by atoms with Crippen molar-refractivity contribution < 1.29 is 13.3 Å². The Bertz CT molecular complexity index is 638. The molecule has 118 valence electrons. The number of hydrogen-bond donors (Lipinski definition) is 1. The zero-order valence-corrected chi connectivity index (χ0v) is 13.5. The zero-order chi connectivity index (χ0) is 14.9. The fraction of sp³-hybridized carbons (Fsp3) is 0.455. The van der Waals surface area contributed by atoms with Crippen molar-refractivity contribution in [3.63, 3.8) is 0 Å². The van der Waals surface area contributed by atoms with Crippen LogP contribution in [0, 0.1) is 10.1 Å². The molecule has 1 heterocycles. The highest BCUT2D eigenvalue weighted by Crippen LogP contribution is 2.30. The van der Waals surface area contributed by atoms with E-state index in [1.54, 1.807) is 7.05 Å². The molecule has 1 aromatic carbocycles. The molecule has 0 amide bonds. The van der Waals surface area contributed by atoms with E-state index in [2.05, 4.69) is 5.32 Å². The first-order valence-corrected chi connectivity index (χ1v) is 7.79. The van der Waals surface area contributed by atoms with Crippen LogP contribution < -0.4 is 5.32 Å². The summed E-state index contributed by atoms with van der Waals surface area (Å²) in [5, 5.41) is 14.1. The lowest BCUT2D eigenvalue weighted by Crippen LogP contribution is -2.33. The van der Waals surface area contributed by atoms with Gasteiger partial charge in [-0.05, 0) is 25.6 Å². The molecule has 0 radical (unpaired) electrons. The van der Waals surface area contributed by atoms with Gasteiger partial charge in [0, 0.05) is 30.2 Å². The number of nitrogens with zero attached hydrogens (tertiary/aromatic N) is 2. The van der Waals surface area contributed by atoms with Crippen LogP contribution in [0.15, 0.2) is 23.1 Å². The second-order valence-corrected chi connectivity index (χ2v) is 6.85. The van der Waals surface area contributed by atoms with Gasteiger partial charge in [-0.15, -0.1) is 12.4 Å². The molecule has 1 unspecified atom stereocenters. The summed E-state index contributed by atoms with van der Waals surface area (Å²) >= 11 is 5.69. The molecule has 1 fully saturated rings. The molecule has 1 saturated heterocycles. The topological polar surface area (TPSA) is 92.6 Å². The maximum atomic E-state index is 12.5. The van der Waals surface area contributed by atoms with Gasteiger partial charge in [0.1, 0.15) is 0 Å². The van der Waals surface area contributed by atoms with E-state index in [1.165, 1.54) is 16.4 Å². The molecule has 0 aliphatic carbocycles. The number of nitrogens with one attached hydrogen (secondary N) is 1. The molecular formula is C11H15Cl2N3O4S. The Morgan fingerprint density at radius 1 is 1.48 bits per heavy atom. The molecule has 0 spiro atoms. The van der Waals surface area contributed by atoms with E-state index in [-0.39, 0.29) is 28.4 Å². The molecule has 21 heavy (non-hydrogen) atoms. The molecule has 1 aliphatic heterocycles. The van der Waals surface area contributed by atoms with Crippen molar-refractivity contribution in [2.75, 3.05) is 20.1 Å². The third-order valence-electron chi connectivity index (χ3n) is 3.29. The smallest absolute Gasteiger partial charge is 0.290 e. The summed E-state index contributed by atoms with van der Waals surface area (Å²) in [4.78, 5) is 9.96. The standard InChI is InChI=1S/C11H14ClN3O4S.ClH/c1-13-9-4-5-14(7-9)20(18,19)11-3-2-8(12)6-10(11)15(16)17;/h2-3,6,9,13H,4-5,7H2,1H3;1H. The van der Waals surface area contributed by atoms with Crippen LogP contribution in [-0.2, 0) is 10.0 Å². The lowest BCUT2D eigenvalue weighted by Gasteiger charge is -2.16.